The second-order valence-corrected chi connectivity index (χ2v) is 7.75. The Hall–Kier alpha value is -1.92. The number of likely N-dealkylation sites (tertiary alicyclic amines) is 1. The fourth-order valence-electron chi connectivity index (χ4n) is 3.07. The van der Waals surface area contributed by atoms with E-state index in [0.717, 1.165) is 29.8 Å². The minimum absolute atomic E-state index is 0.0288. The van der Waals surface area contributed by atoms with Gasteiger partial charge >= 0.3 is 0 Å². The molecule has 0 bridgehead atoms. The van der Waals surface area contributed by atoms with Crippen LogP contribution in [0.1, 0.15) is 43.1 Å². The van der Waals surface area contributed by atoms with Gasteiger partial charge in [0.15, 0.2) is 0 Å². The molecule has 0 saturated carbocycles. The van der Waals surface area contributed by atoms with Crippen molar-refractivity contribution in [3.63, 3.8) is 0 Å². The van der Waals surface area contributed by atoms with Crippen molar-refractivity contribution in [1.29, 1.82) is 0 Å². The molecule has 138 valence electrons. The Morgan fingerprint density at radius 2 is 2.12 bits per heavy atom. The van der Waals surface area contributed by atoms with E-state index in [2.05, 4.69) is 10.3 Å². The van der Waals surface area contributed by atoms with Crippen LogP contribution in [0.2, 0.25) is 5.02 Å². The Bertz CT molecular complexity index is 775. The predicted octanol–water partition coefficient (Wildman–Crippen LogP) is 3.98. The summed E-state index contributed by atoms with van der Waals surface area (Å²) in [4.78, 5) is 30.9. The van der Waals surface area contributed by atoms with Crippen molar-refractivity contribution in [1.82, 2.24) is 15.2 Å². The lowest BCUT2D eigenvalue weighted by Gasteiger charge is -2.32. The average Bonchev–Trinajstić information content (AvgIpc) is 3.12. The number of nitrogens with one attached hydrogen (secondary N) is 1. The Labute approximate surface area is 162 Å². The van der Waals surface area contributed by atoms with Crippen molar-refractivity contribution >= 4 is 34.8 Å². The van der Waals surface area contributed by atoms with Gasteiger partial charge < -0.3 is 10.2 Å². The molecule has 0 radical (unpaired) electrons. The lowest BCUT2D eigenvalue weighted by atomic mass is 10.0. The van der Waals surface area contributed by atoms with E-state index in [9.17, 15) is 9.59 Å². The maximum Gasteiger partial charge on any atom is 0.273 e. The number of thiazole rings is 1. The van der Waals surface area contributed by atoms with Crippen molar-refractivity contribution < 1.29 is 9.59 Å². The van der Waals surface area contributed by atoms with Gasteiger partial charge in [-0.3, -0.25) is 9.59 Å². The third-order valence-electron chi connectivity index (χ3n) is 4.37. The van der Waals surface area contributed by atoms with Crippen molar-refractivity contribution in [3.8, 4) is 10.6 Å². The number of piperidine rings is 1. The first-order chi connectivity index (χ1) is 12.6. The van der Waals surface area contributed by atoms with Crippen LogP contribution in [0.15, 0.2) is 29.6 Å². The van der Waals surface area contributed by atoms with Gasteiger partial charge in [0, 0.05) is 41.5 Å². The molecule has 26 heavy (non-hydrogen) atoms. The number of nitrogens with zero attached hydrogens (tertiary/aromatic N) is 2. The predicted molar refractivity (Wildman–Crippen MR) is 105 cm³/mol. The highest BCUT2D eigenvalue weighted by atomic mass is 35.5. The van der Waals surface area contributed by atoms with Crippen molar-refractivity contribution in [2.24, 2.45) is 0 Å². The van der Waals surface area contributed by atoms with E-state index < -0.39 is 0 Å². The maximum atomic E-state index is 12.8. The molecule has 2 heterocycles. The number of hydrogen-bond donors (Lipinski definition) is 1. The third-order valence-corrected chi connectivity index (χ3v) is 5.51. The molecule has 1 saturated heterocycles. The van der Waals surface area contributed by atoms with Gasteiger partial charge in [0.2, 0.25) is 5.91 Å². The summed E-state index contributed by atoms with van der Waals surface area (Å²) in [6, 6.07) is 7.45. The zero-order valence-corrected chi connectivity index (χ0v) is 16.3. The Balaban J connectivity index is 1.65. The zero-order chi connectivity index (χ0) is 18.5. The lowest BCUT2D eigenvalue weighted by molar-refractivity contribution is -0.122. The number of hydrogen-bond acceptors (Lipinski definition) is 4. The molecule has 3 rings (SSSR count). The maximum absolute atomic E-state index is 12.8. The van der Waals surface area contributed by atoms with Crippen LogP contribution in [0.4, 0.5) is 0 Å². The lowest BCUT2D eigenvalue weighted by Crippen LogP contribution is -2.49. The Morgan fingerprint density at radius 3 is 2.85 bits per heavy atom. The minimum atomic E-state index is -0.0732. The normalized spacial score (nSPS) is 17.2. The van der Waals surface area contributed by atoms with Crippen molar-refractivity contribution in [2.75, 3.05) is 13.1 Å². The van der Waals surface area contributed by atoms with Gasteiger partial charge in [-0.2, -0.15) is 0 Å². The van der Waals surface area contributed by atoms with E-state index in [-0.39, 0.29) is 17.9 Å². The molecular weight excluding hydrogens is 370 g/mol. The fraction of sp³-hybridized carbons (Fsp3) is 0.421. The highest BCUT2D eigenvalue weighted by molar-refractivity contribution is 7.13. The number of aromatic nitrogens is 1. The van der Waals surface area contributed by atoms with Crippen LogP contribution in [0.5, 0.6) is 0 Å². The first-order valence-corrected chi connectivity index (χ1v) is 10.1. The summed E-state index contributed by atoms with van der Waals surface area (Å²) in [7, 11) is 0. The van der Waals surface area contributed by atoms with Crippen molar-refractivity contribution in [3.05, 3.63) is 40.4 Å². The average molecular weight is 392 g/mol. The highest BCUT2D eigenvalue weighted by Gasteiger charge is 2.26. The summed E-state index contributed by atoms with van der Waals surface area (Å²) in [6.45, 7) is 3.23. The number of carbonyl (C=O) groups excluding carboxylic acids is 2. The number of carbonyl (C=O) groups is 2. The van der Waals surface area contributed by atoms with Crippen molar-refractivity contribution in [2.45, 2.75) is 38.6 Å². The first-order valence-electron chi connectivity index (χ1n) is 8.87. The second-order valence-electron chi connectivity index (χ2n) is 6.45. The smallest absolute Gasteiger partial charge is 0.273 e. The van der Waals surface area contributed by atoms with Gasteiger partial charge in [0.1, 0.15) is 10.7 Å². The van der Waals surface area contributed by atoms with E-state index in [4.69, 9.17) is 11.6 Å². The van der Waals surface area contributed by atoms with Gasteiger partial charge in [-0.05, 0) is 31.4 Å². The molecule has 5 nitrogen and oxygen atoms in total. The van der Waals surface area contributed by atoms with Crippen LogP contribution in [0.25, 0.3) is 10.6 Å². The van der Waals surface area contributed by atoms with Crippen LogP contribution < -0.4 is 5.32 Å². The van der Waals surface area contributed by atoms with Gasteiger partial charge in [-0.15, -0.1) is 11.3 Å². The molecule has 1 atom stereocenters. The first kappa shape index (κ1) is 18.9. The molecule has 1 aliphatic heterocycles. The summed E-state index contributed by atoms with van der Waals surface area (Å²) < 4.78 is 0. The summed E-state index contributed by atoms with van der Waals surface area (Å²) in [5, 5.41) is 6.30. The summed E-state index contributed by atoms with van der Waals surface area (Å²) in [5.41, 5.74) is 1.40. The summed E-state index contributed by atoms with van der Waals surface area (Å²) in [5.74, 6) is -0.0126. The quantitative estimate of drug-likeness (QED) is 0.838. The third kappa shape index (κ3) is 4.62. The number of rotatable bonds is 5. The monoisotopic (exact) mass is 391 g/mol. The van der Waals surface area contributed by atoms with Gasteiger partial charge in [0.25, 0.3) is 5.91 Å². The van der Waals surface area contributed by atoms with E-state index >= 15 is 0 Å². The van der Waals surface area contributed by atoms with Gasteiger partial charge in [0.05, 0.1) is 0 Å². The second kappa shape index (κ2) is 8.64. The SMILES string of the molecule is CCCC(=O)NC1CCCN(C(=O)c2csc(-c3ccc(Cl)cc3)n2)C1. The molecule has 7 heteroatoms. The van der Waals surface area contributed by atoms with Gasteiger partial charge in [-0.25, -0.2) is 4.98 Å². The van der Waals surface area contributed by atoms with Crippen LogP contribution in [0, 0.1) is 0 Å². The Morgan fingerprint density at radius 1 is 1.35 bits per heavy atom. The minimum Gasteiger partial charge on any atom is -0.352 e. The molecule has 1 fully saturated rings. The Kier molecular flexibility index (Phi) is 6.27. The van der Waals surface area contributed by atoms with Crippen LogP contribution in [-0.2, 0) is 4.79 Å². The summed E-state index contributed by atoms with van der Waals surface area (Å²) >= 11 is 7.37. The molecule has 1 unspecified atom stereocenters. The standard InChI is InChI=1S/C19H22ClN3O2S/c1-2-4-17(24)21-15-5-3-10-23(11-15)19(25)16-12-26-18(22-16)13-6-8-14(20)9-7-13/h6-9,12,15H,2-5,10-11H2,1H3,(H,21,24). The molecule has 1 aliphatic rings. The molecule has 0 spiro atoms. The molecule has 1 aromatic carbocycles. The van der Waals surface area contributed by atoms with E-state index in [0.29, 0.717) is 30.2 Å². The summed E-state index contributed by atoms with van der Waals surface area (Å²) in [6.07, 6.45) is 3.15. The van der Waals surface area contributed by atoms with E-state index in [1.165, 1.54) is 11.3 Å². The number of halogens is 1. The van der Waals surface area contributed by atoms with Gasteiger partial charge in [-0.1, -0.05) is 30.7 Å². The fourth-order valence-corrected chi connectivity index (χ4v) is 3.99. The molecule has 2 aromatic rings. The molecule has 1 N–H and O–H groups in total. The van der Waals surface area contributed by atoms with Crippen LogP contribution in [-0.4, -0.2) is 40.8 Å². The highest BCUT2D eigenvalue weighted by Crippen LogP contribution is 2.26. The van der Waals surface area contributed by atoms with E-state index in [1.54, 1.807) is 10.3 Å². The van der Waals surface area contributed by atoms with Crippen LogP contribution in [0.3, 0.4) is 0 Å². The number of benzene rings is 1. The van der Waals surface area contributed by atoms with Crippen LogP contribution >= 0.6 is 22.9 Å². The molecule has 0 aliphatic carbocycles. The number of amides is 2. The molecule has 2 amide bonds. The zero-order valence-electron chi connectivity index (χ0n) is 14.7. The largest absolute Gasteiger partial charge is 0.352 e. The topological polar surface area (TPSA) is 62.3 Å². The van der Waals surface area contributed by atoms with E-state index in [1.807, 2.05) is 31.2 Å². The molecular formula is C19H22ClN3O2S. The molecule has 1 aromatic heterocycles.